The lowest BCUT2D eigenvalue weighted by atomic mass is 9.49. The zero-order valence-electron chi connectivity index (χ0n) is 33.4. The molecular weight excluding hydrogens is 740 g/mol. The van der Waals surface area contributed by atoms with Crippen LogP contribution in [-0.2, 0) is 38.1 Å². The van der Waals surface area contributed by atoms with Gasteiger partial charge in [0.1, 0.15) is 17.8 Å². The highest BCUT2D eigenvalue weighted by Gasteiger charge is 2.80. The summed E-state index contributed by atoms with van der Waals surface area (Å²) in [6.07, 6.45) is -8.29. The van der Waals surface area contributed by atoms with Gasteiger partial charge in [0.05, 0.1) is 35.6 Å². The zero-order chi connectivity index (χ0) is 41.9. The van der Waals surface area contributed by atoms with Crippen molar-refractivity contribution in [3.05, 3.63) is 82.9 Å². The summed E-state index contributed by atoms with van der Waals surface area (Å²) >= 11 is 0. The molecule has 0 radical (unpaired) electrons. The van der Waals surface area contributed by atoms with Crippen molar-refractivity contribution in [2.75, 3.05) is 13.2 Å². The van der Waals surface area contributed by atoms with Crippen molar-refractivity contribution < 1.29 is 63.0 Å². The number of rotatable bonds is 9. The van der Waals surface area contributed by atoms with E-state index in [1.54, 1.807) is 90.1 Å². The number of nitrogens with one attached hydrogen (secondary N) is 2. The van der Waals surface area contributed by atoms with Crippen LogP contribution in [0.1, 0.15) is 83.8 Å². The molecule has 3 heterocycles. The van der Waals surface area contributed by atoms with E-state index in [0.29, 0.717) is 11.1 Å². The van der Waals surface area contributed by atoms with Crippen molar-refractivity contribution in [1.82, 2.24) is 10.6 Å². The van der Waals surface area contributed by atoms with E-state index in [9.17, 15) is 34.5 Å². The topological polar surface area (TPSA) is 216 Å². The number of carbonyl (C=O) groups excluding carboxylic acids is 5. The van der Waals surface area contributed by atoms with Gasteiger partial charge in [-0.15, -0.1) is 0 Å². The number of fused-ring (bicyclic) bond motifs is 5. The Morgan fingerprint density at radius 2 is 1.60 bits per heavy atom. The van der Waals surface area contributed by atoms with Crippen molar-refractivity contribution >= 4 is 29.7 Å². The van der Waals surface area contributed by atoms with Crippen LogP contribution in [0.15, 0.2) is 71.8 Å². The van der Waals surface area contributed by atoms with Crippen LogP contribution in [0, 0.1) is 16.7 Å². The maximum Gasteiger partial charge on any atom is 0.408 e. The molecule has 308 valence electrons. The summed E-state index contributed by atoms with van der Waals surface area (Å²) in [5.74, 6) is -6.90. The van der Waals surface area contributed by atoms with Crippen molar-refractivity contribution in [3.8, 4) is 0 Å². The van der Waals surface area contributed by atoms with Gasteiger partial charge < -0.3 is 49.6 Å². The molecule has 57 heavy (non-hydrogen) atoms. The van der Waals surface area contributed by atoms with Crippen molar-refractivity contribution in [3.63, 3.8) is 0 Å². The molecule has 3 saturated heterocycles. The number of amides is 2. The zero-order valence-corrected chi connectivity index (χ0v) is 33.4. The monoisotopic (exact) mass is 792 g/mol. The van der Waals surface area contributed by atoms with Crippen molar-refractivity contribution in [1.29, 1.82) is 0 Å². The predicted molar refractivity (Wildman–Crippen MR) is 201 cm³/mol. The third-order valence-electron chi connectivity index (χ3n) is 11.9. The molecule has 15 heteroatoms. The summed E-state index contributed by atoms with van der Waals surface area (Å²) in [4.78, 5) is 68.1. The fourth-order valence-electron chi connectivity index (χ4n) is 9.10. The fourth-order valence-corrected chi connectivity index (χ4v) is 9.10. The maximum atomic E-state index is 15.1. The van der Waals surface area contributed by atoms with Gasteiger partial charge in [0.15, 0.2) is 23.6 Å². The molecule has 1 saturated carbocycles. The number of hydrogen-bond donors (Lipinski definition) is 5. The number of ketones is 1. The van der Waals surface area contributed by atoms with Crippen LogP contribution >= 0.6 is 0 Å². The molecule has 5 N–H and O–H groups in total. The van der Waals surface area contributed by atoms with E-state index in [1.165, 1.54) is 26.0 Å². The van der Waals surface area contributed by atoms with Gasteiger partial charge in [-0.3, -0.25) is 14.4 Å². The number of hydrogen-bond acceptors (Lipinski definition) is 13. The second-order valence-electron chi connectivity index (χ2n) is 17.1. The van der Waals surface area contributed by atoms with Gasteiger partial charge in [-0.1, -0.05) is 68.0 Å². The molecular formula is C42H52N2O13. The van der Waals surface area contributed by atoms with Gasteiger partial charge in [-0.25, -0.2) is 9.59 Å². The minimum atomic E-state index is -2.47. The standard InChI is InChI=1S/C42H52N2O13/c1-22(20-43-35(49)30(47)29(24-15-11-9-12-16-24)44-37(51)57-38(3,4)5)28-31-33(48)40(8)26(46)19-27-41(21-53-27,55-23(2)45)32(40)34(42(52,56-31)39(28,6)7)54-36(50)25-17-13-10-14-18-25/h9-18,26-27,29-32,34,46-47,52H,19-21H2,1-8H3,(H,43,49)(H,44,51)/b28-22-/t26-,27+,29-,30+,31+,32?,34?,40+,41-,42+/m0/s1. The molecule has 2 aromatic rings. The Balaban J connectivity index is 1.38. The lowest BCUT2D eigenvalue weighted by Crippen LogP contribution is -2.79. The SMILES string of the molecule is CC(=O)O[C@@]12CO[C@@H]1C[C@H](O)[C@@]1(C)C(=O)[C@@H]3O[C@](O)(C(OC(=O)c4ccccc4)C12)C(C)(C)/C3=C(/C)CNC(=O)[C@H](O)[C@@H](NC(=O)OC(C)(C)C)c1ccccc1. The summed E-state index contributed by atoms with van der Waals surface area (Å²) < 4.78 is 29.7. The van der Waals surface area contributed by atoms with E-state index in [4.69, 9.17) is 23.7 Å². The number of esters is 2. The molecule has 2 amide bonds. The number of carbonyl (C=O) groups is 5. The largest absolute Gasteiger partial charge is 0.453 e. The second kappa shape index (κ2) is 14.9. The highest BCUT2D eigenvalue weighted by Crippen LogP contribution is 2.65. The Kier molecular flexibility index (Phi) is 11.0. The Bertz CT molecular complexity index is 1940. The Labute approximate surface area is 331 Å². The smallest absolute Gasteiger partial charge is 0.408 e. The highest BCUT2D eigenvalue weighted by molar-refractivity contribution is 5.95. The summed E-state index contributed by atoms with van der Waals surface area (Å²) in [6.45, 7) is 12.1. The second-order valence-corrected chi connectivity index (χ2v) is 17.1. The molecule has 2 unspecified atom stereocenters. The average molecular weight is 793 g/mol. The first kappa shape index (κ1) is 41.9. The van der Waals surface area contributed by atoms with E-state index >= 15 is 4.79 Å². The van der Waals surface area contributed by atoms with Gasteiger partial charge >= 0.3 is 18.0 Å². The number of alkyl carbamates (subject to hydrolysis) is 1. The van der Waals surface area contributed by atoms with Crippen LogP contribution in [0.25, 0.3) is 0 Å². The normalized spacial score (nSPS) is 33.2. The molecule has 1 aliphatic carbocycles. The summed E-state index contributed by atoms with van der Waals surface area (Å²) in [5.41, 5.74) is -4.62. The molecule has 4 fully saturated rings. The van der Waals surface area contributed by atoms with E-state index in [0.717, 1.165) is 0 Å². The molecule has 15 nitrogen and oxygen atoms in total. The van der Waals surface area contributed by atoms with Crippen LogP contribution in [0.4, 0.5) is 4.79 Å². The van der Waals surface area contributed by atoms with Crippen LogP contribution in [0.5, 0.6) is 0 Å². The molecule has 2 bridgehead atoms. The number of benzene rings is 2. The van der Waals surface area contributed by atoms with E-state index in [2.05, 4.69) is 10.6 Å². The van der Waals surface area contributed by atoms with Gasteiger partial charge in [-0.05, 0) is 57.9 Å². The number of ether oxygens (including phenoxy) is 5. The van der Waals surface area contributed by atoms with E-state index in [-0.39, 0.29) is 30.7 Å². The van der Waals surface area contributed by atoms with Crippen LogP contribution in [0.3, 0.4) is 0 Å². The minimum absolute atomic E-state index is 0.105. The lowest BCUT2D eigenvalue weighted by molar-refractivity contribution is -0.356. The molecule has 4 aliphatic rings. The van der Waals surface area contributed by atoms with Crippen LogP contribution < -0.4 is 10.6 Å². The van der Waals surface area contributed by atoms with Gasteiger partial charge in [0, 0.05) is 25.3 Å². The molecule has 3 aliphatic heterocycles. The quantitative estimate of drug-likeness (QED) is 0.140. The lowest BCUT2D eigenvalue weighted by Gasteiger charge is -2.63. The molecule has 0 spiro atoms. The molecule has 10 atom stereocenters. The maximum absolute atomic E-state index is 15.1. The fraction of sp³-hybridized carbons (Fsp3) is 0.548. The van der Waals surface area contributed by atoms with Gasteiger partial charge in [0.25, 0.3) is 5.91 Å². The van der Waals surface area contributed by atoms with E-state index < -0.39 is 100 Å². The third kappa shape index (κ3) is 7.13. The number of aliphatic hydroxyl groups is 3. The summed E-state index contributed by atoms with van der Waals surface area (Å²) in [5, 5.41) is 41.4. The van der Waals surface area contributed by atoms with E-state index in [1.807, 2.05) is 0 Å². The molecule has 2 aromatic carbocycles. The Hall–Kier alpha value is -4.67. The summed E-state index contributed by atoms with van der Waals surface area (Å²) in [6, 6.07) is 15.2. The average Bonchev–Trinajstić information content (AvgIpc) is 3.32. The third-order valence-corrected chi connectivity index (χ3v) is 11.9. The molecule has 0 aromatic heterocycles. The summed E-state index contributed by atoms with van der Waals surface area (Å²) in [7, 11) is 0. The predicted octanol–water partition coefficient (Wildman–Crippen LogP) is 3.06. The Morgan fingerprint density at radius 1 is 0.982 bits per heavy atom. The van der Waals surface area contributed by atoms with Crippen LogP contribution in [-0.4, -0.2) is 106 Å². The number of aliphatic hydroxyl groups excluding tert-OH is 2. The van der Waals surface area contributed by atoms with Crippen molar-refractivity contribution in [2.24, 2.45) is 16.7 Å². The van der Waals surface area contributed by atoms with Gasteiger partial charge in [0.2, 0.25) is 5.79 Å². The highest BCUT2D eigenvalue weighted by atomic mass is 16.7. The number of Topliss-reactive ketones (excluding diaryl/α,β-unsaturated/α-hetero) is 1. The van der Waals surface area contributed by atoms with Crippen LogP contribution in [0.2, 0.25) is 0 Å². The first-order valence-corrected chi connectivity index (χ1v) is 19.0. The Morgan fingerprint density at radius 3 is 2.16 bits per heavy atom. The minimum Gasteiger partial charge on any atom is -0.453 e. The first-order chi connectivity index (χ1) is 26.6. The van der Waals surface area contributed by atoms with Gasteiger partial charge in [-0.2, -0.15) is 0 Å². The molecule has 6 rings (SSSR count). The van der Waals surface area contributed by atoms with Crippen molar-refractivity contribution in [2.45, 2.75) is 115 Å². The first-order valence-electron chi connectivity index (χ1n) is 19.0.